The van der Waals surface area contributed by atoms with Gasteiger partial charge in [0.25, 0.3) is 0 Å². The first kappa shape index (κ1) is 13.0. The zero-order valence-electron chi connectivity index (χ0n) is 10.2. The Kier molecular flexibility index (Phi) is 3.63. The van der Waals surface area contributed by atoms with Crippen LogP contribution in [0.5, 0.6) is 11.5 Å². The Morgan fingerprint density at radius 1 is 1.39 bits per heavy atom. The number of carbonyl (C=O) groups is 1. The van der Waals surface area contributed by atoms with Gasteiger partial charge < -0.3 is 20.5 Å². The molecule has 5 nitrogen and oxygen atoms in total. The van der Waals surface area contributed by atoms with Gasteiger partial charge in [-0.05, 0) is 5.92 Å². The molecule has 1 aliphatic rings. The molecule has 1 aliphatic heterocycles. The van der Waals surface area contributed by atoms with Crippen molar-refractivity contribution in [1.29, 1.82) is 0 Å². The molecule has 1 atom stereocenters. The third kappa shape index (κ3) is 2.52. The lowest BCUT2D eigenvalue weighted by Crippen LogP contribution is -2.39. The molecule has 3 N–H and O–H groups in total. The summed E-state index contributed by atoms with van der Waals surface area (Å²) in [5, 5.41) is 3.08. The van der Waals surface area contributed by atoms with Gasteiger partial charge in [-0.1, -0.05) is 25.4 Å². The maximum Gasteiger partial charge on any atom is 0.241 e. The van der Waals surface area contributed by atoms with E-state index in [-0.39, 0.29) is 18.6 Å². The number of ether oxygens (including phenoxy) is 2. The molecule has 0 saturated carbocycles. The topological polar surface area (TPSA) is 73.6 Å². The highest BCUT2D eigenvalue weighted by Crippen LogP contribution is 2.39. The number of amides is 1. The van der Waals surface area contributed by atoms with Crippen molar-refractivity contribution in [2.24, 2.45) is 11.7 Å². The summed E-state index contributed by atoms with van der Waals surface area (Å²) in [5.74, 6) is 0.919. The van der Waals surface area contributed by atoms with E-state index in [2.05, 4.69) is 5.32 Å². The van der Waals surface area contributed by atoms with E-state index in [9.17, 15) is 4.79 Å². The van der Waals surface area contributed by atoms with Gasteiger partial charge in [0.1, 0.15) is 0 Å². The van der Waals surface area contributed by atoms with Crippen LogP contribution in [0.25, 0.3) is 0 Å². The molecule has 0 aromatic heterocycles. The fraction of sp³-hybridized carbons (Fsp3) is 0.417. The summed E-state index contributed by atoms with van der Waals surface area (Å²) in [6, 6.07) is 2.67. The minimum atomic E-state index is -0.577. The second-order valence-corrected chi connectivity index (χ2v) is 4.85. The first-order valence-electron chi connectivity index (χ1n) is 5.64. The van der Waals surface area contributed by atoms with Gasteiger partial charge in [0, 0.05) is 12.1 Å². The molecule has 0 spiro atoms. The normalized spacial score (nSPS) is 14.7. The first-order valence-corrected chi connectivity index (χ1v) is 6.02. The SMILES string of the molecule is CC(C)[C@@H](N)C(=O)Nc1cc2c(cc1Cl)OCO2. The lowest BCUT2D eigenvalue weighted by molar-refractivity contribution is -0.118. The molecule has 1 amide bonds. The number of rotatable bonds is 3. The lowest BCUT2D eigenvalue weighted by Gasteiger charge is -2.16. The Bertz CT molecular complexity index is 477. The zero-order chi connectivity index (χ0) is 13.3. The highest BCUT2D eigenvalue weighted by atomic mass is 35.5. The van der Waals surface area contributed by atoms with Crippen LogP contribution >= 0.6 is 11.6 Å². The average Bonchev–Trinajstić information content (AvgIpc) is 2.75. The highest BCUT2D eigenvalue weighted by molar-refractivity contribution is 6.34. The van der Waals surface area contributed by atoms with Gasteiger partial charge in [-0.3, -0.25) is 4.79 Å². The summed E-state index contributed by atoms with van der Waals surface area (Å²) >= 11 is 6.05. The third-order valence-electron chi connectivity index (χ3n) is 2.74. The summed E-state index contributed by atoms with van der Waals surface area (Å²) < 4.78 is 10.4. The van der Waals surface area contributed by atoms with Gasteiger partial charge >= 0.3 is 0 Å². The van der Waals surface area contributed by atoms with E-state index in [1.807, 2.05) is 13.8 Å². The Hall–Kier alpha value is -1.46. The van der Waals surface area contributed by atoms with Gasteiger partial charge in [-0.2, -0.15) is 0 Å². The van der Waals surface area contributed by atoms with Crippen molar-refractivity contribution < 1.29 is 14.3 Å². The summed E-state index contributed by atoms with van der Waals surface area (Å²) in [6.45, 7) is 3.92. The summed E-state index contributed by atoms with van der Waals surface area (Å²) in [6.07, 6.45) is 0. The molecular formula is C12H15ClN2O3. The van der Waals surface area contributed by atoms with Gasteiger partial charge in [-0.25, -0.2) is 0 Å². The van der Waals surface area contributed by atoms with E-state index >= 15 is 0 Å². The van der Waals surface area contributed by atoms with Crippen LogP contribution in [0.4, 0.5) is 5.69 Å². The van der Waals surface area contributed by atoms with Crippen LogP contribution in [0.3, 0.4) is 0 Å². The van der Waals surface area contributed by atoms with Crippen LogP contribution in [0, 0.1) is 5.92 Å². The average molecular weight is 271 g/mol. The Morgan fingerprint density at radius 3 is 2.61 bits per heavy atom. The molecule has 1 aromatic rings. The number of carbonyl (C=O) groups excluding carboxylic acids is 1. The van der Waals surface area contributed by atoms with Crippen LogP contribution in [0.1, 0.15) is 13.8 Å². The fourth-order valence-corrected chi connectivity index (χ4v) is 1.73. The molecule has 0 saturated heterocycles. The van der Waals surface area contributed by atoms with Crippen LogP contribution in [0.15, 0.2) is 12.1 Å². The molecule has 0 aliphatic carbocycles. The highest BCUT2D eigenvalue weighted by Gasteiger charge is 2.21. The summed E-state index contributed by atoms with van der Waals surface area (Å²) in [7, 11) is 0. The third-order valence-corrected chi connectivity index (χ3v) is 3.05. The number of hydrogen-bond acceptors (Lipinski definition) is 4. The minimum Gasteiger partial charge on any atom is -0.454 e. The molecule has 0 radical (unpaired) electrons. The fourth-order valence-electron chi connectivity index (χ4n) is 1.53. The predicted molar refractivity (Wildman–Crippen MR) is 69.0 cm³/mol. The number of halogens is 1. The van der Waals surface area contributed by atoms with Crippen LogP contribution in [-0.2, 0) is 4.79 Å². The molecule has 0 fully saturated rings. The van der Waals surface area contributed by atoms with E-state index < -0.39 is 6.04 Å². The van der Waals surface area contributed by atoms with Crippen molar-refractivity contribution in [1.82, 2.24) is 0 Å². The quantitative estimate of drug-likeness (QED) is 0.881. The number of nitrogens with one attached hydrogen (secondary N) is 1. The molecule has 1 heterocycles. The number of anilines is 1. The molecule has 1 aromatic carbocycles. The van der Waals surface area contributed by atoms with Crippen molar-refractivity contribution in [3.63, 3.8) is 0 Å². The maximum atomic E-state index is 11.8. The molecule has 0 bridgehead atoms. The van der Waals surface area contributed by atoms with E-state index in [1.165, 1.54) is 0 Å². The summed E-state index contributed by atoms with van der Waals surface area (Å²) in [4.78, 5) is 11.8. The van der Waals surface area contributed by atoms with Crippen LogP contribution in [-0.4, -0.2) is 18.7 Å². The monoisotopic (exact) mass is 270 g/mol. The van der Waals surface area contributed by atoms with Crippen molar-refractivity contribution >= 4 is 23.2 Å². The second-order valence-electron chi connectivity index (χ2n) is 4.44. The first-order chi connectivity index (χ1) is 8.49. The Morgan fingerprint density at radius 2 is 2.00 bits per heavy atom. The van der Waals surface area contributed by atoms with Crippen molar-refractivity contribution in [3.8, 4) is 11.5 Å². The van der Waals surface area contributed by atoms with Gasteiger partial charge in [0.05, 0.1) is 16.8 Å². The predicted octanol–water partition coefficient (Wildman–Crippen LogP) is 1.99. The zero-order valence-corrected chi connectivity index (χ0v) is 11.0. The van der Waals surface area contributed by atoms with E-state index in [1.54, 1.807) is 12.1 Å². The molecule has 0 unspecified atom stereocenters. The molecular weight excluding hydrogens is 256 g/mol. The van der Waals surface area contributed by atoms with Gasteiger partial charge in [0.15, 0.2) is 11.5 Å². The Labute approximate surface area is 110 Å². The number of fused-ring (bicyclic) bond motifs is 1. The van der Waals surface area contributed by atoms with Crippen LogP contribution in [0.2, 0.25) is 5.02 Å². The smallest absolute Gasteiger partial charge is 0.241 e. The van der Waals surface area contributed by atoms with Gasteiger partial charge in [-0.15, -0.1) is 0 Å². The summed E-state index contributed by atoms with van der Waals surface area (Å²) in [5.41, 5.74) is 6.23. The maximum absolute atomic E-state index is 11.8. The Balaban J connectivity index is 2.17. The van der Waals surface area contributed by atoms with Crippen molar-refractivity contribution in [2.75, 3.05) is 12.1 Å². The van der Waals surface area contributed by atoms with Gasteiger partial charge in [0.2, 0.25) is 12.7 Å². The van der Waals surface area contributed by atoms with Crippen molar-refractivity contribution in [2.45, 2.75) is 19.9 Å². The molecule has 18 heavy (non-hydrogen) atoms. The largest absolute Gasteiger partial charge is 0.454 e. The number of nitrogens with two attached hydrogens (primary N) is 1. The van der Waals surface area contributed by atoms with E-state index in [4.69, 9.17) is 26.8 Å². The molecule has 2 rings (SSSR count). The van der Waals surface area contributed by atoms with Crippen molar-refractivity contribution in [3.05, 3.63) is 17.2 Å². The molecule has 98 valence electrons. The van der Waals surface area contributed by atoms with E-state index in [0.717, 1.165) is 0 Å². The minimum absolute atomic E-state index is 0.0535. The van der Waals surface area contributed by atoms with Crippen LogP contribution < -0.4 is 20.5 Å². The molecule has 6 heteroatoms. The number of hydrogen-bond donors (Lipinski definition) is 2. The lowest BCUT2D eigenvalue weighted by atomic mass is 10.0. The standard InChI is InChI=1S/C12H15ClN2O3/c1-6(2)11(14)12(16)15-8-4-10-9(3-7(8)13)17-5-18-10/h3-4,6,11H,5,14H2,1-2H3,(H,15,16)/t11-/m1/s1. The van der Waals surface area contributed by atoms with E-state index in [0.29, 0.717) is 22.2 Å². The number of benzene rings is 1. The second kappa shape index (κ2) is 5.04.